The van der Waals surface area contributed by atoms with E-state index in [1.165, 1.54) is 28.4 Å². The summed E-state index contributed by atoms with van der Waals surface area (Å²) in [5, 5.41) is 0. The Morgan fingerprint density at radius 3 is 1.64 bits per heavy atom. The summed E-state index contributed by atoms with van der Waals surface area (Å²) >= 11 is 0. The van der Waals surface area contributed by atoms with E-state index in [1.54, 1.807) is 0 Å². The van der Waals surface area contributed by atoms with Gasteiger partial charge in [0, 0.05) is 6.07 Å². The van der Waals surface area contributed by atoms with Crippen molar-refractivity contribution in [3.05, 3.63) is 42.5 Å². The number of methoxy groups -OCH3 is 4. The first-order chi connectivity index (χ1) is 11.4. The smallest absolute Gasteiger partial charge is 0.493 e. The first-order valence-electron chi connectivity index (χ1n) is 6.66. The Bertz CT molecular complexity index is 722. The molecule has 0 aromatic heterocycles. The van der Waals surface area contributed by atoms with Gasteiger partial charge < -0.3 is 18.9 Å². The molecule has 2 rings (SSSR count). The molecule has 0 unspecified atom stereocenters. The van der Waals surface area contributed by atoms with Gasteiger partial charge in [0.1, 0.15) is 4.90 Å². The van der Waals surface area contributed by atoms with Gasteiger partial charge in [-0.3, -0.25) is 4.55 Å². The van der Waals surface area contributed by atoms with Crippen LogP contribution in [0.1, 0.15) is 0 Å². The van der Waals surface area contributed by atoms with E-state index in [1.807, 2.05) is 30.3 Å². The number of rotatable bonds is 5. The van der Waals surface area contributed by atoms with Crippen LogP contribution < -0.4 is 48.5 Å². The predicted octanol–water partition coefficient (Wildman–Crippen LogP) is -0.542. The zero-order valence-corrected chi connectivity index (χ0v) is 17.6. The van der Waals surface area contributed by atoms with E-state index in [4.69, 9.17) is 23.5 Å². The van der Waals surface area contributed by atoms with Crippen molar-refractivity contribution in [1.29, 1.82) is 0 Å². The van der Waals surface area contributed by atoms with Crippen molar-refractivity contribution in [1.82, 2.24) is 0 Å². The molecule has 0 radical (unpaired) electrons. The van der Waals surface area contributed by atoms with Gasteiger partial charge in [0.05, 0.1) is 28.4 Å². The zero-order chi connectivity index (χ0) is 18.2. The largest absolute Gasteiger partial charge is 1.00 e. The molecule has 2 aromatic carbocycles. The van der Waals surface area contributed by atoms with Crippen molar-refractivity contribution in [3.63, 3.8) is 0 Å². The van der Waals surface area contributed by atoms with Crippen LogP contribution in [0, 0.1) is 6.07 Å². The average molecular weight is 378 g/mol. The van der Waals surface area contributed by atoms with Crippen LogP contribution in [0.25, 0.3) is 0 Å². The fourth-order valence-electron chi connectivity index (χ4n) is 1.83. The summed E-state index contributed by atoms with van der Waals surface area (Å²) in [7, 11) is 0.784. The number of hydrogen-bond donors (Lipinski definition) is 1. The molecule has 0 spiro atoms. The van der Waals surface area contributed by atoms with Gasteiger partial charge in [-0.05, 0) is 0 Å². The molecule has 1 N–H and O–H groups in total. The van der Waals surface area contributed by atoms with Crippen molar-refractivity contribution in [2.24, 2.45) is 0 Å². The van der Waals surface area contributed by atoms with Crippen LogP contribution in [0.4, 0.5) is 0 Å². The summed E-state index contributed by atoms with van der Waals surface area (Å²) in [4.78, 5) is -0.459. The van der Waals surface area contributed by atoms with E-state index >= 15 is 0 Å². The van der Waals surface area contributed by atoms with Crippen molar-refractivity contribution in [2.75, 3.05) is 28.4 Å². The van der Waals surface area contributed by atoms with Crippen molar-refractivity contribution in [2.45, 2.75) is 4.90 Å². The van der Waals surface area contributed by atoms with Crippen LogP contribution in [0.5, 0.6) is 23.0 Å². The van der Waals surface area contributed by atoms with Crippen molar-refractivity contribution < 1.29 is 61.5 Å². The van der Waals surface area contributed by atoms with Crippen molar-refractivity contribution in [3.8, 4) is 23.0 Å². The third-order valence-electron chi connectivity index (χ3n) is 2.84. The van der Waals surface area contributed by atoms with Gasteiger partial charge in [-0.25, -0.2) is 0 Å². The van der Waals surface area contributed by atoms with E-state index in [0.29, 0.717) is 0 Å². The first kappa shape index (κ1) is 23.5. The molecule has 7 nitrogen and oxygen atoms in total. The minimum absolute atomic E-state index is 0. The second-order valence-corrected chi connectivity index (χ2v) is 5.62. The molecule has 0 fully saturated rings. The van der Waals surface area contributed by atoms with Gasteiger partial charge in [0.25, 0.3) is 10.1 Å². The minimum Gasteiger partial charge on any atom is -0.493 e. The Kier molecular flexibility index (Phi) is 10.6. The Morgan fingerprint density at radius 2 is 1.36 bits per heavy atom. The molecular formula is C16H19NaO7S. The average Bonchev–Trinajstić information content (AvgIpc) is 2.60. The Balaban J connectivity index is 0.000000693. The normalized spacial score (nSPS) is 9.80. The maximum Gasteiger partial charge on any atom is 1.00 e. The topological polar surface area (TPSA) is 91.3 Å². The van der Waals surface area contributed by atoms with E-state index in [0.717, 1.165) is 6.07 Å². The molecule has 0 atom stereocenters. The molecule has 0 aliphatic rings. The maximum atomic E-state index is 11.3. The quantitative estimate of drug-likeness (QED) is 0.424. The van der Waals surface area contributed by atoms with Gasteiger partial charge in [0.2, 0.25) is 11.5 Å². The maximum absolute atomic E-state index is 11.3. The van der Waals surface area contributed by atoms with Gasteiger partial charge in [-0.15, -0.1) is 0 Å². The Hall–Kier alpha value is -1.45. The summed E-state index contributed by atoms with van der Waals surface area (Å²) < 4.78 is 51.7. The molecule has 0 bridgehead atoms. The van der Waals surface area contributed by atoms with Crippen LogP contribution in [0.15, 0.2) is 41.3 Å². The van der Waals surface area contributed by atoms with Crippen LogP contribution in [0.3, 0.4) is 0 Å². The number of hydrogen-bond acceptors (Lipinski definition) is 6. The molecular weight excluding hydrogens is 359 g/mol. The second-order valence-electron chi connectivity index (χ2n) is 4.23. The van der Waals surface area contributed by atoms with Gasteiger partial charge in [-0.1, -0.05) is 0 Å². The fraction of sp³-hybridized carbons (Fsp3) is 0.250. The predicted molar refractivity (Wildman–Crippen MR) is 87.7 cm³/mol. The molecule has 2 aromatic rings. The number of benzene rings is 2. The molecule has 0 saturated carbocycles. The van der Waals surface area contributed by atoms with Gasteiger partial charge in [0.15, 0.2) is 11.5 Å². The third-order valence-corrected chi connectivity index (χ3v) is 3.70. The standard InChI is InChI=1S/C10H14O7S.C6H5.Na/c1-14-6-5-7(18(11,12)13)9(16-3)10(17-4)8(6)15-2;1-2-4-6-5-3-1;/h5H,1-4H3,(H,11,12,13);1-5H;/q;-1;+1. The molecule has 0 aliphatic carbocycles. The first-order valence-corrected chi connectivity index (χ1v) is 8.10. The zero-order valence-electron chi connectivity index (χ0n) is 14.8. The third kappa shape index (κ3) is 6.41. The SMILES string of the molecule is COc1cc(S(=O)(=O)O)c(OC)c(OC)c1OC.[Na+].[c-]1ccccc1. The summed E-state index contributed by atoms with van der Waals surface area (Å²) in [6.45, 7) is 0. The molecule has 9 heteroatoms. The summed E-state index contributed by atoms with van der Waals surface area (Å²) in [5.74, 6) is 0.136. The summed E-state index contributed by atoms with van der Waals surface area (Å²) in [6, 6.07) is 13.6. The van der Waals surface area contributed by atoms with Crippen LogP contribution in [0.2, 0.25) is 0 Å². The minimum atomic E-state index is -4.48. The van der Waals surface area contributed by atoms with E-state index in [2.05, 4.69) is 6.07 Å². The summed E-state index contributed by atoms with van der Waals surface area (Å²) in [5.41, 5.74) is 0. The van der Waals surface area contributed by atoms with Crippen molar-refractivity contribution >= 4 is 10.1 Å². The molecule has 0 heterocycles. The van der Waals surface area contributed by atoms with Crippen LogP contribution >= 0.6 is 0 Å². The monoisotopic (exact) mass is 378 g/mol. The summed E-state index contributed by atoms with van der Waals surface area (Å²) in [6.07, 6.45) is 0. The van der Waals surface area contributed by atoms with Crippen LogP contribution in [-0.2, 0) is 10.1 Å². The molecule has 0 aliphatic heterocycles. The second kappa shape index (κ2) is 11.2. The van der Waals surface area contributed by atoms with E-state index in [9.17, 15) is 8.42 Å². The molecule has 0 amide bonds. The molecule has 0 saturated heterocycles. The van der Waals surface area contributed by atoms with E-state index < -0.39 is 15.0 Å². The Labute approximate surface area is 169 Å². The van der Waals surface area contributed by atoms with E-state index in [-0.39, 0.29) is 52.6 Å². The van der Waals surface area contributed by atoms with Gasteiger partial charge >= 0.3 is 29.6 Å². The molecule has 25 heavy (non-hydrogen) atoms. The fourth-order valence-corrected chi connectivity index (χ4v) is 2.50. The molecule has 132 valence electrons. The van der Waals surface area contributed by atoms with Crippen LogP contribution in [-0.4, -0.2) is 41.4 Å². The number of ether oxygens (including phenoxy) is 4. The Morgan fingerprint density at radius 1 is 0.840 bits per heavy atom. The van der Waals surface area contributed by atoms with Gasteiger partial charge in [-0.2, -0.15) is 44.8 Å².